The third-order valence-electron chi connectivity index (χ3n) is 21.3. The maximum Gasteiger partial charge on any atom is 0.335 e. The van der Waals surface area contributed by atoms with E-state index in [1.165, 1.54) is 19.4 Å². The fraction of sp³-hybridized carbons (Fsp3) is 0.873. The van der Waals surface area contributed by atoms with E-state index in [0.29, 0.717) is 44.1 Å². The molecule has 0 aromatic heterocycles. The summed E-state index contributed by atoms with van der Waals surface area (Å²) in [5.74, 6) is -3.89. The topological polar surface area (TPSA) is 338 Å². The minimum absolute atomic E-state index is 0.0339. The fourth-order valence-corrected chi connectivity index (χ4v) is 16.4. The molecule has 0 bridgehead atoms. The number of aliphatic hydroxyl groups is 10. The van der Waals surface area contributed by atoms with Crippen molar-refractivity contribution in [2.24, 2.45) is 56.2 Å². The van der Waals surface area contributed by atoms with Gasteiger partial charge in [-0.05, 0) is 117 Å². The number of carboxylic acid groups (broad SMARTS) is 1. The van der Waals surface area contributed by atoms with Crippen molar-refractivity contribution in [2.45, 2.75) is 225 Å². The average Bonchev–Trinajstić information content (AvgIpc) is 3.36. The number of ether oxygens (including phenoxy) is 7. The molecule has 8 rings (SSSR count). The predicted molar refractivity (Wildman–Crippen MR) is 265 cm³/mol. The van der Waals surface area contributed by atoms with E-state index in [9.17, 15) is 70.6 Å². The zero-order chi connectivity index (χ0) is 56.2. The number of allylic oxidation sites excluding steroid dienone is 3. The molecule has 0 unspecified atom stereocenters. The second kappa shape index (κ2) is 21.3. The summed E-state index contributed by atoms with van der Waals surface area (Å²) < 4.78 is 42.7. The lowest BCUT2D eigenvalue weighted by atomic mass is 9.32. The molecule has 76 heavy (non-hydrogen) atoms. The Morgan fingerprint density at radius 1 is 0.750 bits per heavy atom. The second-order valence-electron chi connectivity index (χ2n) is 25.6. The Bertz CT molecular complexity index is 2220. The molecule has 0 spiro atoms. The van der Waals surface area contributed by atoms with Crippen molar-refractivity contribution in [1.29, 1.82) is 0 Å². The second-order valence-corrected chi connectivity index (χ2v) is 25.6. The summed E-state index contributed by atoms with van der Waals surface area (Å²) in [5, 5.41) is 123. The van der Waals surface area contributed by atoms with Crippen LogP contribution in [0.15, 0.2) is 23.3 Å². The SMILES string of the molecule is C/C=C(/C)C(=O)O[C@H]1C[C@]2(COC(C)=O)[C@H](O)C[C@]3(C)C(=CC[C@@H]4[C@@]5(C)CC[C@H]([C@@H]6O[C@H](C(=O)O)[C@@H](O)[C@H](O[C@@H]7O[C@@H](C)[C@H](O)[C@@H](O)[C@H]7O)[C@H]6O[C@@H]6O[C@H](CO)[C@H](O)[C@H](O)[C@H]6O)[C@](C)(CO)[C@@H]5CC[C@]43C)[C@@H]2CC1(C)C. The summed E-state index contributed by atoms with van der Waals surface area (Å²) in [6.45, 7) is 17.7. The first-order valence-corrected chi connectivity index (χ1v) is 27.3. The molecule has 11 N–H and O–H groups in total. The summed E-state index contributed by atoms with van der Waals surface area (Å²) in [6.07, 6.45) is -19.9. The molecule has 7 fully saturated rings. The predicted octanol–water partition coefficient (Wildman–Crippen LogP) is 1.01. The number of esters is 2. The van der Waals surface area contributed by atoms with Crippen LogP contribution in [0.1, 0.15) is 121 Å². The molecule has 432 valence electrons. The Morgan fingerprint density at radius 3 is 1.99 bits per heavy atom. The number of carboxylic acids is 1. The first kappa shape index (κ1) is 59.4. The highest BCUT2D eigenvalue weighted by atomic mass is 16.7. The van der Waals surface area contributed by atoms with E-state index in [1.54, 1.807) is 19.9 Å². The average molecular weight is 1080 g/mol. The Balaban J connectivity index is 1.17. The van der Waals surface area contributed by atoms with Gasteiger partial charge in [0.2, 0.25) is 0 Å². The number of aliphatic carboxylic acids is 1. The number of carbonyl (C=O) groups excluding carboxylic acids is 2. The normalized spacial score (nSPS) is 51.2. The summed E-state index contributed by atoms with van der Waals surface area (Å²) in [5.41, 5.74) is -2.50. The smallest absolute Gasteiger partial charge is 0.335 e. The van der Waals surface area contributed by atoms with Gasteiger partial charge in [-0.1, -0.05) is 59.3 Å². The number of rotatable bonds is 12. The summed E-state index contributed by atoms with van der Waals surface area (Å²) >= 11 is 0. The van der Waals surface area contributed by atoms with E-state index in [1.807, 2.05) is 6.92 Å². The van der Waals surface area contributed by atoms with E-state index in [4.69, 9.17) is 33.2 Å². The number of aliphatic hydroxyl groups excluding tert-OH is 10. The van der Waals surface area contributed by atoms with Gasteiger partial charge in [0.05, 0.1) is 24.9 Å². The standard InChI is InChI=1S/C55H86O21/c1-11-24(2)47(69)73-34-20-55(23-70-26(4)58)29(18-50(34,5)6)27-12-13-32-51(7)16-14-28(52(8,22-57)31(51)15-17-53(32,9)54(27,10)19-33(55)59)42-45(76-49-40(65)38(63)36(61)30(21-56)72-49)43(41(66)44(74-42)46(67)68)75-48-39(64)37(62)35(60)25(3)71-48/h11-12,25,28-45,48-49,56-57,59-66H,13-23H2,1-10H3,(H,67,68)/b24-11-/t25-,28+,29-,30+,31+,32+,33+,34-,35-,36-,37+,38-,39+,40+,41-,42-,43-,44-,45-,48-,49-,51-,52-,53+,54+,55+/m0/s1. The van der Waals surface area contributed by atoms with Gasteiger partial charge < -0.3 is 89.3 Å². The third kappa shape index (κ3) is 9.43. The summed E-state index contributed by atoms with van der Waals surface area (Å²) in [6, 6.07) is 0. The van der Waals surface area contributed by atoms with Crippen LogP contribution in [0.25, 0.3) is 0 Å². The van der Waals surface area contributed by atoms with Crippen molar-refractivity contribution in [2.75, 3.05) is 19.8 Å². The molecule has 5 aliphatic carbocycles. The Kier molecular flexibility index (Phi) is 16.7. The number of carbonyl (C=O) groups is 3. The zero-order valence-corrected chi connectivity index (χ0v) is 45.6. The maximum absolute atomic E-state index is 13.3. The highest BCUT2D eigenvalue weighted by Gasteiger charge is 2.72. The van der Waals surface area contributed by atoms with Crippen LogP contribution in [0.3, 0.4) is 0 Å². The van der Waals surface area contributed by atoms with E-state index < -0.39 is 174 Å². The van der Waals surface area contributed by atoms with Crippen molar-refractivity contribution in [1.82, 2.24) is 0 Å². The summed E-state index contributed by atoms with van der Waals surface area (Å²) in [4.78, 5) is 39.0. The lowest BCUT2D eigenvalue weighted by molar-refractivity contribution is -0.374. The first-order chi connectivity index (χ1) is 35.4. The quantitative estimate of drug-likeness (QED) is 0.0738. The van der Waals surface area contributed by atoms with Gasteiger partial charge in [-0.2, -0.15) is 0 Å². The van der Waals surface area contributed by atoms with E-state index in [2.05, 4.69) is 40.7 Å². The molecule has 21 heteroatoms. The Hall–Kier alpha value is -2.71. The molecule has 4 saturated carbocycles. The van der Waals surface area contributed by atoms with Gasteiger partial charge >= 0.3 is 17.9 Å². The highest BCUT2D eigenvalue weighted by molar-refractivity contribution is 5.87. The summed E-state index contributed by atoms with van der Waals surface area (Å²) in [7, 11) is 0. The van der Waals surface area contributed by atoms with Crippen LogP contribution in [0.2, 0.25) is 0 Å². The Labute approximate surface area is 444 Å². The van der Waals surface area contributed by atoms with Gasteiger partial charge in [0.15, 0.2) is 18.7 Å². The van der Waals surface area contributed by atoms with Crippen LogP contribution in [0.5, 0.6) is 0 Å². The van der Waals surface area contributed by atoms with Gasteiger partial charge in [0.1, 0.15) is 73.8 Å². The van der Waals surface area contributed by atoms with E-state index >= 15 is 0 Å². The van der Waals surface area contributed by atoms with Gasteiger partial charge in [-0.15, -0.1) is 0 Å². The molecule has 3 saturated heterocycles. The molecule has 21 nitrogen and oxygen atoms in total. The van der Waals surface area contributed by atoms with Gasteiger partial charge in [-0.25, -0.2) is 9.59 Å². The van der Waals surface area contributed by atoms with Gasteiger partial charge in [0, 0.05) is 29.9 Å². The van der Waals surface area contributed by atoms with Crippen molar-refractivity contribution in [3.8, 4) is 0 Å². The molecular weight excluding hydrogens is 997 g/mol. The van der Waals surface area contributed by atoms with Crippen molar-refractivity contribution in [3.63, 3.8) is 0 Å². The van der Waals surface area contributed by atoms with Crippen LogP contribution in [-0.2, 0) is 47.5 Å². The Morgan fingerprint density at radius 2 is 1.38 bits per heavy atom. The molecule has 0 aromatic carbocycles. The van der Waals surface area contributed by atoms with Crippen LogP contribution in [0, 0.1) is 56.2 Å². The fourth-order valence-electron chi connectivity index (χ4n) is 16.4. The zero-order valence-electron chi connectivity index (χ0n) is 45.6. The van der Waals surface area contributed by atoms with Crippen LogP contribution in [-0.4, -0.2) is 198 Å². The maximum atomic E-state index is 13.3. The molecule has 0 radical (unpaired) electrons. The van der Waals surface area contributed by atoms with E-state index in [-0.39, 0.29) is 37.2 Å². The van der Waals surface area contributed by atoms with E-state index in [0.717, 1.165) is 0 Å². The van der Waals surface area contributed by atoms with Gasteiger partial charge in [-0.3, -0.25) is 4.79 Å². The van der Waals surface area contributed by atoms with Crippen molar-refractivity contribution in [3.05, 3.63) is 23.3 Å². The highest BCUT2D eigenvalue weighted by Crippen LogP contribution is 2.76. The van der Waals surface area contributed by atoms with Crippen LogP contribution >= 0.6 is 0 Å². The number of hydrogen-bond acceptors (Lipinski definition) is 20. The third-order valence-corrected chi connectivity index (χ3v) is 21.3. The molecular formula is C55H86O21. The lowest BCUT2D eigenvalue weighted by Gasteiger charge is -2.72. The molecule has 3 heterocycles. The molecule has 0 amide bonds. The number of hydrogen-bond donors (Lipinski definition) is 11. The minimum Gasteiger partial charge on any atom is -0.479 e. The van der Waals surface area contributed by atoms with Crippen molar-refractivity contribution < 1.29 is 104 Å². The molecule has 8 aliphatic rings. The monoisotopic (exact) mass is 1080 g/mol. The largest absolute Gasteiger partial charge is 0.479 e. The minimum atomic E-state index is -2.09. The lowest BCUT2D eigenvalue weighted by Crippen LogP contribution is -2.71. The number of fused-ring (bicyclic) bond motifs is 7. The first-order valence-electron chi connectivity index (χ1n) is 27.3. The molecule has 3 aliphatic heterocycles. The van der Waals surface area contributed by atoms with Crippen LogP contribution < -0.4 is 0 Å². The molecule has 26 atom stereocenters. The molecule has 0 aromatic rings. The van der Waals surface area contributed by atoms with Crippen LogP contribution in [0.4, 0.5) is 0 Å². The van der Waals surface area contributed by atoms with Crippen molar-refractivity contribution >= 4 is 17.9 Å². The van der Waals surface area contributed by atoms with Gasteiger partial charge in [0.25, 0.3) is 0 Å².